The number of hydrogen-bond donors (Lipinski definition) is 1. The molecule has 0 aliphatic heterocycles. The molecule has 1 aromatic carbocycles. The number of nitrogens with zero attached hydrogens (tertiary/aromatic N) is 1. The van der Waals surface area contributed by atoms with Crippen molar-refractivity contribution in [2.24, 2.45) is 0 Å². The Labute approximate surface area is 136 Å². The lowest BCUT2D eigenvalue weighted by atomic mass is 10.1. The van der Waals surface area contributed by atoms with Crippen LogP contribution in [0.1, 0.15) is 38.9 Å². The molecule has 5 nitrogen and oxygen atoms in total. The zero-order valence-corrected chi connectivity index (χ0v) is 12.6. The number of carboxylic acids is 1. The largest absolute Gasteiger partial charge is 0.478 e. The lowest BCUT2D eigenvalue weighted by molar-refractivity contribution is 0.0526. The van der Waals surface area contributed by atoms with E-state index in [4.69, 9.17) is 4.74 Å². The molecule has 0 saturated carbocycles. The number of rotatable bonds is 5. The molecule has 2 aromatic rings. The Balaban J connectivity index is 2.39. The van der Waals surface area contributed by atoms with E-state index in [1.165, 1.54) is 24.3 Å². The second kappa shape index (κ2) is 7.45. The first-order valence-electron chi connectivity index (χ1n) is 6.96. The zero-order chi connectivity index (χ0) is 17.7. The number of ether oxygens (including phenoxy) is 1. The molecule has 24 heavy (non-hydrogen) atoms. The van der Waals surface area contributed by atoms with Gasteiger partial charge in [-0.3, -0.25) is 4.98 Å². The van der Waals surface area contributed by atoms with E-state index in [1.54, 1.807) is 6.92 Å². The van der Waals surface area contributed by atoms with Crippen LogP contribution >= 0.6 is 0 Å². The first-order chi connectivity index (χ1) is 11.4. The van der Waals surface area contributed by atoms with E-state index in [9.17, 15) is 23.5 Å². The van der Waals surface area contributed by atoms with Gasteiger partial charge in [-0.1, -0.05) is 12.1 Å². The van der Waals surface area contributed by atoms with Crippen molar-refractivity contribution in [1.82, 2.24) is 4.98 Å². The van der Waals surface area contributed by atoms with E-state index in [2.05, 4.69) is 4.98 Å². The molecule has 1 heterocycles. The van der Waals surface area contributed by atoms with Crippen LogP contribution in [0.25, 0.3) is 12.2 Å². The molecule has 1 N–H and O–H groups in total. The van der Waals surface area contributed by atoms with Crippen LogP contribution in [0.2, 0.25) is 0 Å². The van der Waals surface area contributed by atoms with Crippen LogP contribution in [-0.2, 0) is 4.74 Å². The highest BCUT2D eigenvalue weighted by Crippen LogP contribution is 2.17. The predicted molar refractivity (Wildman–Crippen MR) is 82.4 cm³/mol. The number of pyridine rings is 1. The van der Waals surface area contributed by atoms with Crippen molar-refractivity contribution in [2.75, 3.05) is 6.61 Å². The maximum atomic E-state index is 13.6. The summed E-state index contributed by atoms with van der Waals surface area (Å²) < 4.78 is 31.5. The highest BCUT2D eigenvalue weighted by molar-refractivity contribution is 5.97. The topological polar surface area (TPSA) is 76.5 Å². The maximum Gasteiger partial charge on any atom is 0.339 e. The van der Waals surface area contributed by atoms with Gasteiger partial charge >= 0.3 is 11.9 Å². The van der Waals surface area contributed by atoms with Crippen molar-refractivity contribution < 1.29 is 28.2 Å². The Bertz CT molecular complexity index is 818. The summed E-state index contributed by atoms with van der Waals surface area (Å²) in [5.74, 6) is -4.07. The van der Waals surface area contributed by atoms with Gasteiger partial charge in [0.2, 0.25) is 0 Å². The fourth-order valence-corrected chi connectivity index (χ4v) is 1.92. The van der Waals surface area contributed by atoms with Crippen molar-refractivity contribution in [2.45, 2.75) is 6.92 Å². The number of aromatic nitrogens is 1. The molecule has 124 valence electrons. The summed E-state index contributed by atoms with van der Waals surface area (Å²) in [6.45, 7) is 1.76. The van der Waals surface area contributed by atoms with Crippen LogP contribution in [0.3, 0.4) is 0 Å². The fraction of sp³-hybridized carbons (Fsp3) is 0.118. The molecular weight excluding hydrogens is 320 g/mol. The van der Waals surface area contributed by atoms with E-state index in [0.717, 1.165) is 18.3 Å². The van der Waals surface area contributed by atoms with Gasteiger partial charge in [-0.25, -0.2) is 18.4 Å². The van der Waals surface area contributed by atoms with Crippen molar-refractivity contribution in [3.63, 3.8) is 0 Å². The molecule has 0 spiro atoms. The Morgan fingerprint density at radius 1 is 1.29 bits per heavy atom. The highest BCUT2D eigenvalue weighted by Gasteiger charge is 2.15. The smallest absolute Gasteiger partial charge is 0.339 e. The van der Waals surface area contributed by atoms with Crippen LogP contribution in [0.4, 0.5) is 8.78 Å². The average Bonchev–Trinajstić information content (AvgIpc) is 2.56. The number of carbonyl (C=O) groups is 2. The van der Waals surface area contributed by atoms with Gasteiger partial charge in [-0.05, 0) is 31.2 Å². The summed E-state index contributed by atoms with van der Waals surface area (Å²) in [5, 5.41) is 9.24. The molecule has 0 bridgehead atoms. The third-order valence-electron chi connectivity index (χ3n) is 3.06. The van der Waals surface area contributed by atoms with E-state index < -0.39 is 23.6 Å². The minimum absolute atomic E-state index is 0.000732. The summed E-state index contributed by atoms with van der Waals surface area (Å²) >= 11 is 0. The first kappa shape index (κ1) is 17.3. The highest BCUT2D eigenvalue weighted by atomic mass is 19.2. The van der Waals surface area contributed by atoms with Gasteiger partial charge in [0.1, 0.15) is 0 Å². The monoisotopic (exact) mass is 333 g/mol. The van der Waals surface area contributed by atoms with Crippen LogP contribution < -0.4 is 0 Å². The van der Waals surface area contributed by atoms with Gasteiger partial charge in [0.15, 0.2) is 11.6 Å². The minimum atomic E-state index is -1.31. The van der Waals surface area contributed by atoms with Crippen LogP contribution in [0.15, 0.2) is 30.5 Å². The molecule has 0 aliphatic carbocycles. The molecular formula is C17H13F2NO4. The van der Waals surface area contributed by atoms with E-state index in [0.29, 0.717) is 0 Å². The Morgan fingerprint density at radius 2 is 2.04 bits per heavy atom. The van der Waals surface area contributed by atoms with Gasteiger partial charge in [0.05, 0.1) is 23.4 Å². The second-order valence-electron chi connectivity index (χ2n) is 4.66. The van der Waals surface area contributed by atoms with Crippen molar-refractivity contribution in [1.29, 1.82) is 0 Å². The van der Waals surface area contributed by atoms with Crippen LogP contribution in [-0.4, -0.2) is 28.6 Å². The molecule has 0 amide bonds. The van der Waals surface area contributed by atoms with E-state index >= 15 is 0 Å². The van der Waals surface area contributed by atoms with Gasteiger partial charge in [-0.15, -0.1) is 0 Å². The number of carbonyl (C=O) groups excluding carboxylic acids is 1. The molecule has 7 heteroatoms. The SMILES string of the molecule is CCOC(=O)c1cnc(/C=C/c2cccc(F)c2F)c(C(=O)O)c1. The van der Waals surface area contributed by atoms with Crippen molar-refractivity contribution in [3.8, 4) is 0 Å². The second-order valence-corrected chi connectivity index (χ2v) is 4.66. The van der Waals surface area contributed by atoms with Gasteiger partial charge < -0.3 is 9.84 Å². The summed E-state index contributed by atoms with van der Waals surface area (Å²) in [6.07, 6.45) is 3.60. The van der Waals surface area contributed by atoms with E-state index in [-0.39, 0.29) is 29.0 Å². The molecule has 1 aromatic heterocycles. The van der Waals surface area contributed by atoms with Gasteiger partial charge in [0.25, 0.3) is 0 Å². The first-order valence-corrected chi connectivity index (χ1v) is 6.96. The summed E-state index contributed by atoms with van der Waals surface area (Å²) in [7, 11) is 0. The Morgan fingerprint density at radius 3 is 2.71 bits per heavy atom. The average molecular weight is 333 g/mol. The number of aromatic carboxylic acids is 1. The Hall–Kier alpha value is -3.09. The maximum absolute atomic E-state index is 13.6. The number of carboxylic acid groups (broad SMARTS) is 1. The number of hydrogen-bond acceptors (Lipinski definition) is 4. The number of esters is 1. The predicted octanol–water partition coefficient (Wildman–Crippen LogP) is 3.41. The summed E-state index contributed by atoms with van der Waals surface area (Å²) in [5.41, 5.74) is -0.321. The quantitative estimate of drug-likeness (QED) is 0.849. The van der Waals surface area contributed by atoms with E-state index in [1.807, 2.05) is 0 Å². The molecule has 0 fully saturated rings. The van der Waals surface area contributed by atoms with Gasteiger partial charge in [-0.2, -0.15) is 0 Å². The van der Waals surface area contributed by atoms with Crippen molar-refractivity contribution >= 4 is 24.1 Å². The number of halogens is 2. The molecule has 0 radical (unpaired) electrons. The molecule has 2 rings (SSSR count). The number of benzene rings is 1. The lowest BCUT2D eigenvalue weighted by Gasteiger charge is -2.05. The third-order valence-corrected chi connectivity index (χ3v) is 3.06. The summed E-state index contributed by atoms with van der Waals surface area (Å²) in [4.78, 5) is 26.8. The third kappa shape index (κ3) is 3.81. The lowest BCUT2D eigenvalue weighted by Crippen LogP contribution is -2.09. The van der Waals surface area contributed by atoms with Crippen molar-refractivity contribution in [3.05, 3.63) is 64.5 Å². The van der Waals surface area contributed by atoms with Gasteiger partial charge in [0, 0.05) is 11.8 Å². The van der Waals surface area contributed by atoms with Crippen LogP contribution in [0.5, 0.6) is 0 Å². The standard InChI is InChI=1S/C17H13F2NO4/c1-2-24-17(23)11-8-12(16(21)22)14(20-9-11)7-6-10-4-3-5-13(18)15(10)19/h3-9H,2H2,1H3,(H,21,22)/b7-6+. The molecule has 0 unspecified atom stereocenters. The molecule has 0 aliphatic rings. The summed E-state index contributed by atoms with van der Waals surface area (Å²) in [6, 6.07) is 4.76. The normalized spacial score (nSPS) is 10.8. The molecule has 0 saturated heterocycles. The minimum Gasteiger partial charge on any atom is -0.478 e. The molecule has 0 atom stereocenters. The fourth-order valence-electron chi connectivity index (χ4n) is 1.92. The zero-order valence-electron chi connectivity index (χ0n) is 12.6. The Kier molecular flexibility index (Phi) is 5.36. The van der Waals surface area contributed by atoms with Crippen LogP contribution in [0, 0.1) is 11.6 Å².